The van der Waals surface area contributed by atoms with Crippen LogP contribution in [0.5, 0.6) is 0 Å². The number of aromatic nitrogens is 1. The molecule has 0 saturated carbocycles. The molecule has 0 bridgehead atoms. The number of hydrogen-bond acceptors (Lipinski definition) is 4. The van der Waals surface area contributed by atoms with E-state index in [1.54, 1.807) is 6.07 Å². The van der Waals surface area contributed by atoms with Gasteiger partial charge in [-0.3, -0.25) is 0 Å². The van der Waals surface area contributed by atoms with Crippen molar-refractivity contribution in [3.63, 3.8) is 0 Å². The van der Waals surface area contributed by atoms with Gasteiger partial charge in [-0.05, 0) is 39.9 Å². The van der Waals surface area contributed by atoms with Gasteiger partial charge in [0.1, 0.15) is 11.6 Å². The van der Waals surface area contributed by atoms with E-state index in [0.29, 0.717) is 21.9 Å². The molecular formula is C14H22Cl2N4. The SMILES string of the molecule is CCNc1nc(N2CCCC(N(C)C)C2)c(Cl)cc1Cl. The first kappa shape index (κ1) is 15.7. The quantitative estimate of drug-likeness (QED) is 0.923. The van der Waals surface area contributed by atoms with Crippen molar-refractivity contribution in [3.05, 3.63) is 16.1 Å². The molecule has 0 aromatic carbocycles. The number of nitrogens with one attached hydrogen (secondary N) is 1. The highest BCUT2D eigenvalue weighted by molar-refractivity contribution is 6.37. The minimum atomic E-state index is 0.542. The summed E-state index contributed by atoms with van der Waals surface area (Å²) >= 11 is 12.5. The molecular weight excluding hydrogens is 295 g/mol. The van der Waals surface area contributed by atoms with E-state index in [4.69, 9.17) is 23.2 Å². The summed E-state index contributed by atoms with van der Waals surface area (Å²) < 4.78 is 0. The zero-order chi connectivity index (χ0) is 14.7. The third-order valence-electron chi connectivity index (χ3n) is 3.68. The van der Waals surface area contributed by atoms with Crippen molar-refractivity contribution in [1.29, 1.82) is 0 Å². The van der Waals surface area contributed by atoms with E-state index in [0.717, 1.165) is 31.9 Å². The molecule has 0 aliphatic carbocycles. The van der Waals surface area contributed by atoms with Gasteiger partial charge >= 0.3 is 0 Å². The highest BCUT2D eigenvalue weighted by Crippen LogP contribution is 2.33. The Balaban J connectivity index is 2.24. The van der Waals surface area contributed by atoms with Crippen LogP contribution in [0, 0.1) is 0 Å². The second-order valence-electron chi connectivity index (χ2n) is 5.36. The topological polar surface area (TPSA) is 31.4 Å². The van der Waals surface area contributed by atoms with Gasteiger partial charge in [0.05, 0.1) is 10.0 Å². The van der Waals surface area contributed by atoms with Crippen LogP contribution in [0.1, 0.15) is 19.8 Å². The number of halogens is 2. The monoisotopic (exact) mass is 316 g/mol. The molecule has 1 aromatic rings. The first-order valence-corrected chi connectivity index (χ1v) is 7.79. The Bertz CT molecular complexity index is 465. The maximum atomic E-state index is 6.33. The molecule has 1 unspecified atom stereocenters. The molecule has 1 saturated heterocycles. The Morgan fingerprint density at radius 3 is 2.80 bits per heavy atom. The maximum Gasteiger partial charge on any atom is 0.150 e. The molecule has 4 nitrogen and oxygen atoms in total. The third kappa shape index (κ3) is 3.48. The van der Waals surface area contributed by atoms with Crippen molar-refractivity contribution in [2.45, 2.75) is 25.8 Å². The predicted molar refractivity (Wildman–Crippen MR) is 87.3 cm³/mol. The maximum absolute atomic E-state index is 6.33. The Kier molecular flexibility index (Phi) is 5.35. The van der Waals surface area contributed by atoms with Crippen LogP contribution >= 0.6 is 23.2 Å². The van der Waals surface area contributed by atoms with Gasteiger partial charge in [-0.15, -0.1) is 0 Å². The lowest BCUT2D eigenvalue weighted by atomic mass is 10.1. The summed E-state index contributed by atoms with van der Waals surface area (Å²) in [5.41, 5.74) is 0. The fraction of sp³-hybridized carbons (Fsp3) is 0.643. The van der Waals surface area contributed by atoms with E-state index in [-0.39, 0.29) is 0 Å². The normalized spacial score (nSPS) is 19.5. The number of pyridine rings is 1. The number of likely N-dealkylation sites (N-methyl/N-ethyl adjacent to an activating group) is 1. The van der Waals surface area contributed by atoms with Gasteiger partial charge in [0, 0.05) is 25.7 Å². The van der Waals surface area contributed by atoms with Gasteiger partial charge in [-0.1, -0.05) is 23.2 Å². The summed E-state index contributed by atoms with van der Waals surface area (Å²) in [6, 6.07) is 2.32. The van der Waals surface area contributed by atoms with Crippen molar-refractivity contribution in [3.8, 4) is 0 Å². The van der Waals surface area contributed by atoms with Gasteiger partial charge in [-0.2, -0.15) is 0 Å². The number of rotatable bonds is 4. The second-order valence-corrected chi connectivity index (χ2v) is 6.17. The minimum absolute atomic E-state index is 0.542. The lowest BCUT2D eigenvalue weighted by Crippen LogP contribution is -2.45. The van der Waals surface area contributed by atoms with Crippen LogP contribution in [0.3, 0.4) is 0 Å². The zero-order valence-electron chi connectivity index (χ0n) is 12.3. The van der Waals surface area contributed by atoms with Crippen LogP contribution in [0.4, 0.5) is 11.6 Å². The fourth-order valence-electron chi connectivity index (χ4n) is 2.54. The molecule has 1 aliphatic rings. The smallest absolute Gasteiger partial charge is 0.150 e. The third-order valence-corrected chi connectivity index (χ3v) is 4.25. The Morgan fingerprint density at radius 1 is 1.40 bits per heavy atom. The molecule has 0 spiro atoms. The van der Waals surface area contributed by atoms with Crippen molar-refractivity contribution in [2.75, 3.05) is 43.9 Å². The molecule has 112 valence electrons. The summed E-state index contributed by atoms with van der Waals surface area (Å²) in [6.45, 7) is 4.75. The molecule has 0 radical (unpaired) electrons. The van der Waals surface area contributed by atoms with Crippen molar-refractivity contribution >= 4 is 34.8 Å². The summed E-state index contributed by atoms with van der Waals surface area (Å²) in [5.74, 6) is 1.54. The Labute approximate surface area is 131 Å². The predicted octanol–water partition coefficient (Wildman–Crippen LogP) is 3.35. The van der Waals surface area contributed by atoms with Crippen LogP contribution in [0.2, 0.25) is 10.0 Å². The number of hydrogen-bond donors (Lipinski definition) is 1. The van der Waals surface area contributed by atoms with Gasteiger partial charge in [-0.25, -0.2) is 4.98 Å². The number of anilines is 2. The van der Waals surface area contributed by atoms with Crippen molar-refractivity contribution in [1.82, 2.24) is 9.88 Å². The van der Waals surface area contributed by atoms with Crippen LogP contribution in [-0.2, 0) is 0 Å². The Hall–Kier alpha value is -0.710. The number of piperidine rings is 1. The Morgan fingerprint density at radius 2 is 2.15 bits per heavy atom. The molecule has 1 aliphatic heterocycles. The molecule has 6 heteroatoms. The first-order chi connectivity index (χ1) is 9.52. The van der Waals surface area contributed by atoms with E-state index in [1.165, 1.54) is 6.42 Å². The van der Waals surface area contributed by atoms with Crippen LogP contribution < -0.4 is 10.2 Å². The zero-order valence-corrected chi connectivity index (χ0v) is 13.8. The van der Waals surface area contributed by atoms with E-state index in [1.807, 2.05) is 6.92 Å². The summed E-state index contributed by atoms with van der Waals surface area (Å²) in [7, 11) is 4.24. The van der Waals surface area contributed by atoms with Crippen molar-refractivity contribution in [2.24, 2.45) is 0 Å². The standard InChI is InChI=1S/C14H22Cl2N4/c1-4-17-13-11(15)8-12(16)14(18-13)20-7-5-6-10(9-20)19(2)3/h8,10H,4-7,9H2,1-3H3,(H,17,18). The molecule has 1 N–H and O–H groups in total. The molecule has 1 atom stereocenters. The molecule has 2 heterocycles. The molecule has 0 amide bonds. The molecule has 1 aromatic heterocycles. The molecule has 1 fully saturated rings. The highest BCUT2D eigenvalue weighted by Gasteiger charge is 2.24. The van der Waals surface area contributed by atoms with Crippen LogP contribution in [-0.4, -0.2) is 49.7 Å². The van der Waals surface area contributed by atoms with Crippen LogP contribution in [0.25, 0.3) is 0 Å². The van der Waals surface area contributed by atoms with Crippen LogP contribution in [0.15, 0.2) is 6.07 Å². The van der Waals surface area contributed by atoms with Crippen molar-refractivity contribution < 1.29 is 0 Å². The second kappa shape index (κ2) is 6.83. The first-order valence-electron chi connectivity index (χ1n) is 7.04. The van der Waals surface area contributed by atoms with E-state index in [2.05, 4.69) is 34.2 Å². The fourth-order valence-corrected chi connectivity index (χ4v) is 3.08. The van der Waals surface area contributed by atoms with Gasteiger partial charge in [0.15, 0.2) is 0 Å². The minimum Gasteiger partial charge on any atom is -0.369 e. The summed E-state index contributed by atoms with van der Waals surface area (Å²) in [4.78, 5) is 9.13. The lowest BCUT2D eigenvalue weighted by Gasteiger charge is -2.37. The average Bonchev–Trinajstić information content (AvgIpc) is 2.42. The van der Waals surface area contributed by atoms with E-state index >= 15 is 0 Å². The highest BCUT2D eigenvalue weighted by atomic mass is 35.5. The summed E-state index contributed by atoms with van der Waals surface area (Å²) in [5, 5.41) is 4.37. The molecule has 20 heavy (non-hydrogen) atoms. The largest absolute Gasteiger partial charge is 0.369 e. The van der Waals surface area contributed by atoms with Gasteiger partial charge in [0.2, 0.25) is 0 Å². The lowest BCUT2D eigenvalue weighted by molar-refractivity contribution is 0.257. The van der Waals surface area contributed by atoms with Gasteiger partial charge < -0.3 is 15.1 Å². The summed E-state index contributed by atoms with van der Waals surface area (Å²) in [6.07, 6.45) is 2.37. The number of nitrogens with zero attached hydrogens (tertiary/aromatic N) is 3. The van der Waals surface area contributed by atoms with E-state index in [9.17, 15) is 0 Å². The average molecular weight is 317 g/mol. The molecule has 2 rings (SSSR count). The van der Waals surface area contributed by atoms with E-state index < -0.39 is 0 Å². The van der Waals surface area contributed by atoms with Gasteiger partial charge in [0.25, 0.3) is 0 Å².